The van der Waals surface area contributed by atoms with Crippen LogP contribution in [-0.4, -0.2) is 73.9 Å². The molecular formula is C19H20N4O7. The van der Waals surface area contributed by atoms with Crippen molar-refractivity contribution < 1.29 is 29.5 Å². The first kappa shape index (κ1) is 22.4. The van der Waals surface area contributed by atoms with Crippen molar-refractivity contribution >= 4 is 23.5 Å². The number of aliphatic carboxylic acids is 2. The van der Waals surface area contributed by atoms with Crippen molar-refractivity contribution in [2.24, 2.45) is 0 Å². The van der Waals surface area contributed by atoms with Crippen LogP contribution in [0.15, 0.2) is 48.8 Å². The molecule has 30 heavy (non-hydrogen) atoms. The third-order valence-corrected chi connectivity index (χ3v) is 4.30. The summed E-state index contributed by atoms with van der Waals surface area (Å²) in [6.45, 7) is 3.63. The Bertz CT molecular complexity index is 883. The highest BCUT2D eigenvalue weighted by atomic mass is 16.6. The fraction of sp³-hybridized carbons (Fsp3) is 0.263. The molecule has 1 fully saturated rings. The van der Waals surface area contributed by atoms with Gasteiger partial charge in [0.15, 0.2) is 0 Å². The maximum atomic E-state index is 12.4. The Morgan fingerprint density at radius 1 is 1.00 bits per heavy atom. The minimum Gasteiger partial charge on any atom is -0.473 e. The molecule has 0 bridgehead atoms. The third-order valence-electron chi connectivity index (χ3n) is 4.30. The molecule has 1 aliphatic heterocycles. The first-order chi connectivity index (χ1) is 14.3. The molecule has 1 aliphatic rings. The third kappa shape index (κ3) is 6.63. The second kappa shape index (κ2) is 10.6. The van der Waals surface area contributed by atoms with Crippen molar-refractivity contribution in [3.05, 3.63) is 70.0 Å². The monoisotopic (exact) mass is 416 g/mol. The Hall–Kier alpha value is -3.86. The van der Waals surface area contributed by atoms with E-state index < -0.39 is 16.9 Å². The summed E-state index contributed by atoms with van der Waals surface area (Å²) in [6.07, 6.45) is 3.24. The van der Waals surface area contributed by atoms with Gasteiger partial charge in [0, 0.05) is 57.3 Å². The fourth-order valence-electron chi connectivity index (χ4n) is 2.76. The summed E-state index contributed by atoms with van der Waals surface area (Å²) in [5, 5.41) is 25.5. The van der Waals surface area contributed by atoms with Gasteiger partial charge >= 0.3 is 11.9 Å². The number of non-ortho nitro benzene ring substituents is 1. The molecular weight excluding hydrogens is 396 g/mol. The molecule has 3 rings (SSSR count). The van der Waals surface area contributed by atoms with Gasteiger partial charge in [-0.15, -0.1) is 0 Å². The first-order valence-electron chi connectivity index (χ1n) is 8.89. The summed E-state index contributed by atoms with van der Waals surface area (Å²) in [5.41, 5.74) is 1.75. The predicted molar refractivity (Wildman–Crippen MR) is 104 cm³/mol. The number of hydrogen-bond donors (Lipinski definition) is 2. The topological polar surface area (TPSA) is 154 Å². The van der Waals surface area contributed by atoms with Crippen LogP contribution in [0.1, 0.15) is 15.9 Å². The number of nitrogens with zero attached hydrogens (tertiary/aromatic N) is 4. The Labute approximate surface area is 171 Å². The molecule has 0 unspecified atom stereocenters. The lowest BCUT2D eigenvalue weighted by molar-refractivity contribution is -0.384. The van der Waals surface area contributed by atoms with E-state index in [9.17, 15) is 14.9 Å². The van der Waals surface area contributed by atoms with Gasteiger partial charge in [-0.05, 0) is 17.7 Å². The van der Waals surface area contributed by atoms with Crippen LogP contribution in [0.25, 0.3) is 0 Å². The number of nitro benzene ring substituents is 1. The molecule has 0 aliphatic carbocycles. The lowest BCUT2D eigenvalue weighted by Gasteiger charge is -2.34. The highest BCUT2D eigenvalue weighted by Gasteiger charge is 2.22. The Morgan fingerprint density at radius 2 is 1.60 bits per heavy atom. The summed E-state index contributed by atoms with van der Waals surface area (Å²) in [4.78, 5) is 48.9. The average Bonchev–Trinajstić information content (AvgIpc) is 2.75. The molecule has 11 nitrogen and oxygen atoms in total. The minimum atomic E-state index is -1.82. The molecule has 11 heteroatoms. The standard InChI is InChI=1S/C17H18N4O3.C2H2O4/c22-17(15-2-1-7-18-12-15)20-10-8-19(9-11-20)13-14-3-5-16(6-4-14)21(23)24;3-1(4)2(5)6/h1-7,12H,8-11,13H2;(H,3,4)(H,5,6). The Balaban J connectivity index is 0.000000469. The van der Waals surface area contributed by atoms with Gasteiger partial charge in [0.05, 0.1) is 10.5 Å². The number of carbonyl (C=O) groups excluding carboxylic acids is 1. The summed E-state index contributed by atoms with van der Waals surface area (Å²) in [6, 6.07) is 10.2. The van der Waals surface area contributed by atoms with E-state index in [1.54, 1.807) is 36.7 Å². The van der Waals surface area contributed by atoms with Crippen molar-refractivity contribution in [2.45, 2.75) is 6.54 Å². The number of hydrogen-bond acceptors (Lipinski definition) is 7. The van der Waals surface area contributed by atoms with Crippen molar-refractivity contribution in [1.82, 2.24) is 14.8 Å². The first-order valence-corrected chi connectivity index (χ1v) is 8.89. The molecule has 2 heterocycles. The summed E-state index contributed by atoms with van der Waals surface area (Å²) < 4.78 is 0. The second-order valence-electron chi connectivity index (χ2n) is 6.34. The van der Waals surface area contributed by atoms with Gasteiger partial charge in [0.2, 0.25) is 0 Å². The van der Waals surface area contributed by atoms with Crippen LogP contribution in [0.2, 0.25) is 0 Å². The minimum absolute atomic E-state index is 0.0121. The molecule has 1 amide bonds. The van der Waals surface area contributed by atoms with Crippen LogP contribution in [0.3, 0.4) is 0 Å². The van der Waals surface area contributed by atoms with E-state index in [2.05, 4.69) is 9.88 Å². The number of nitro groups is 1. The van der Waals surface area contributed by atoms with Crippen LogP contribution >= 0.6 is 0 Å². The van der Waals surface area contributed by atoms with Gasteiger partial charge in [-0.2, -0.15) is 0 Å². The zero-order chi connectivity index (χ0) is 22.1. The number of carboxylic acid groups (broad SMARTS) is 2. The molecule has 158 valence electrons. The van der Waals surface area contributed by atoms with E-state index >= 15 is 0 Å². The van der Waals surface area contributed by atoms with Gasteiger partial charge in [0.25, 0.3) is 11.6 Å². The number of piperazine rings is 1. The largest absolute Gasteiger partial charge is 0.473 e. The number of pyridine rings is 1. The molecule has 2 aromatic rings. The smallest absolute Gasteiger partial charge is 0.414 e. The van der Waals surface area contributed by atoms with Crippen molar-refractivity contribution in [2.75, 3.05) is 26.2 Å². The summed E-state index contributed by atoms with van der Waals surface area (Å²) in [7, 11) is 0. The number of aromatic nitrogens is 1. The van der Waals surface area contributed by atoms with Crippen LogP contribution < -0.4 is 0 Å². The predicted octanol–water partition coefficient (Wildman–Crippen LogP) is 1.10. The quantitative estimate of drug-likeness (QED) is 0.423. The maximum Gasteiger partial charge on any atom is 0.414 e. The van der Waals surface area contributed by atoms with Crippen molar-refractivity contribution in [3.63, 3.8) is 0 Å². The van der Waals surface area contributed by atoms with Gasteiger partial charge in [-0.25, -0.2) is 9.59 Å². The van der Waals surface area contributed by atoms with Crippen LogP contribution in [-0.2, 0) is 16.1 Å². The van der Waals surface area contributed by atoms with E-state index in [1.165, 1.54) is 12.1 Å². The number of carboxylic acids is 2. The Kier molecular flexibility index (Phi) is 7.94. The number of rotatable bonds is 4. The molecule has 2 N–H and O–H groups in total. The van der Waals surface area contributed by atoms with Crippen molar-refractivity contribution in [3.8, 4) is 0 Å². The highest BCUT2D eigenvalue weighted by molar-refractivity contribution is 6.27. The molecule has 0 radical (unpaired) electrons. The van der Waals surface area contributed by atoms with Crippen LogP contribution in [0, 0.1) is 10.1 Å². The summed E-state index contributed by atoms with van der Waals surface area (Å²) in [5.74, 6) is -3.64. The molecule has 0 atom stereocenters. The lowest BCUT2D eigenvalue weighted by Crippen LogP contribution is -2.48. The molecule has 1 aromatic carbocycles. The number of carbonyl (C=O) groups is 3. The van der Waals surface area contributed by atoms with Gasteiger partial charge in [0.1, 0.15) is 0 Å². The van der Waals surface area contributed by atoms with E-state index in [0.717, 1.165) is 25.2 Å². The van der Waals surface area contributed by atoms with E-state index in [0.29, 0.717) is 18.7 Å². The fourth-order valence-corrected chi connectivity index (χ4v) is 2.76. The zero-order valence-electron chi connectivity index (χ0n) is 15.9. The van der Waals surface area contributed by atoms with E-state index in [1.807, 2.05) is 4.90 Å². The van der Waals surface area contributed by atoms with E-state index in [-0.39, 0.29) is 11.6 Å². The second-order valence-corrected chi connectivity index (χ2v) is 6.34. The van der Waals surface area contributed by atoms with E-state index in [4.69, 9.17) is 19.8 Å². The normalized spacial score (nSPS) is 13.7. The number of benzene rings is 1. The molecule has 1 saturated heterocycles. The van der Waals surface area contributed by atoms with Gasteiger partial charge < -0.3 is 15.1 Å². The Morgan fingerprint density at radius 3 is 2.07 bits per heavy atom. The number of amides is 1. The summed E-state index contributed by atoms with van der Waals surface area (Å²) >= 11 is 0. The molecule has 1 aromatic heterocycles. The molecule has 0 saturated carbocycles. The highest BCUT2D eigenvalue weighted by Crippen LogP contribution is 2.15. The lowest BCUT2D eigenvalue weighted by atomic mass is 10.1. The SMILES string of the molecule is O=C(O)C(=O)O.O=C(c1cccnc1)N1CCN(Cc2ccc([N+](=O)[O-])cc2)CC1. The zero-order valence-corrected chi connectivity index (χ0v) is 15.9. The van der Waals surface area contributed by atoms with Crippen molar-refractivity contribution in [1.29, 1.82) is 0 Å². The van der Waals surface area contributed by atoms with Crippen LogP contribution in [0.4, 0.5) is 5.69 Å². The average molecular weight is 416 g/mol. The van der Waals surface area contributed by atoms with Crippen LogP contribution in [0.5, 0.6) is 0 Å². The molecule has 0 spiro atoms. The maximum absolute atomic E-state index is 12.4. The van der Waals surface area contributed by atoms with Gasteiger partial charge in [-0.3, -0.25) is 24.8 Å². The van der Waals surface area contributed by atoms with Gasteiger partial charge in [-0.1, -0.05) is 12.1 Å².